The molecule has 0 heterocycles. The second-order valence-corrected chi connectivity index (χ2v) is 4.77. The molecule has 0 atom stereocenters. The van der Waals surface area contributed by atoms with Crippen molar-refractivity contribution in [1.82, 2.24) is 0 Å². The SMILES string of the molecule is O=C1CCCC/C1=C\c1ccc(Br)cc1. The van der Waals surface area contributed by atoms with Gasteiger partial charge in [-0.1, -0.05) is 28.1 Å². The van der Waals surface area contributed by atoms with Crippen LogP contribution in [0.5, 0.6) is 0 Å². The Morgan fingerprint density at radius 3 is 2.40 bits per heavy atom. The molecule has 0 aromatic heterocycles. The lowest BCUT2D eigenvalue weighted by atomic mass is 9.92. The van der Waals surface area contributed by atoms with Gasteiger partial charge in [0.1, 0.15) is 0 Å². The number of hydrogen-bond acceptors (Lipinski definition) is 1. The molecule has 1 aliphatic carbocycles. The van der Waals surface area contributed by atoms with Gasteiger partial charge in [0.25, 0.3) is 0 Å². The van der Waals surface area contributed by atoms with E-state index in [-0.39, 0.29) is 0 Å². The monoisotopic (exact) mass is 264 g/mol. The van der Waals surface area contributed by atoms with Gasteiger partial charge < -0.3 is 0 Å². The van der Waals surface area contributed by atoms with Crippen LogP contribution in [0.3, 0.4) is 0 Å². The molecule has 1 aliphatic rings. The second-order valence-electron chi connectivity index (χ2n) is 3.85. The standard InChI is InChI=1S/C13H13BrO/c14-12-7-5-10(6-8-12)9-11-3-1-2-4-13(11)15/h5-9H,1-4H2/b11-9+. The maximum atomic E-state index is 11.6. The highest BCUT2D eigenvalue weighted by atomic mass is 79.9. The number of halogens is 1. The molecule has 78 valence electrons. The normalized spacial score (nSPS) is 19.5. The van der Waals surface area contributed by atoms with E-state index in [1.807, 2.05) is 30.3 Å². The molecule has 0 radical (unpaired) electrons. The van der Waals surface area contributed by atoms with Crippen LogP contribution in [0.25, 0.3) is 6.08 Å². The van der Waals surface area contributed by atoms with E-state index in [2.05, 4.69) is 15.9 Å². The van der Waals surface area contributed by atoms with Gasteiger partial charge in [0.2, 0.25) is 0 Å². The van der Waals surface area contributed by atoms with Gasteiger partial charge in [-0.2, -0.15) is 0 Å². The van der Waals surface area contributed by atoms with Gasteiger partial charge in [-0.25, -0.2) is 0 Å². The van der Waals surface area contributed by atoms with E-state index in [0.717, 1.165) is 41.3 Å². The Morgan fingerprint density at radius 1 is 1.07 bits per heavy atom. The van der Waals surface area contributed by atoms with Crippen molar-refractivity contribution >= 4 is 27.8 Å². The molecular weight excluding hydrogens is 252 g/mol. The van der Waals surface area contributed by atoms with Crippen LogP contribution in [-0.2, 0) is 4.79 Å². The smallest absolute Gasteiger partial charge is 0.158 e. The third-order valence-electron chi connectivity index (χ3n) is 2.67. The minimum absolute atomic E-state index is 0.323. The topological polar surface area (TPSA) is 17.1 Å². The number of Topliss-reactive ketones (excluding diaryl/α,β-unsaturated/α-hetero) is 1. The number of carbonyl (C=O) groups is 1. The lowest BCUT2D eigenvalue weighted by molar-refractivity contribution is -0.116. The van der Waals surface area contributed by atoms with Gasteiger partial charge in [0, 0.05) is 10.9 Å². The van der Waals surface area contributed by atoms with Crippen molar-refractivity contribution in [3.05, 3.63) is 39.9 Å². The largest absolute Gasteiger partial charge is 0.295 e. The molecule has 0 aliphatic heterocycles. The average Bonchev–Trinajstić information content (AvgIpc) is 2.25. The second kappa shape index (κ2) is 4.75. The number of rotatable bonds is 1. The van der Waals surface area contributed by atoms with Crippen molar-refractivity contribution in [2.75, 3.05) is 0 Å². The zero-order valence-corrected chi connectivity index (χ0v) is 10.1. The fourth-order valence-electron chi connectivity index (χ4n) is 1.81. The summed E-state index contributed by atoms with van der Waals surface area (Å²) in [4.78, 5) is 11.6. The summed E-state index contributed by atoms with van der Waals surface area (Å²) in [6.07, 6.45) is 5.88. The van der Waals surface area contributed by atoms with E-state index in [1.165, 1.54) is 0 Å². The first-order valence-corrected chi connectivity index (χ1v) is 6.04. The first kappa shape index (κ1) is 10.6. The molecule has 1 aromatic rings. The van der Waals surface area contributed by atoms with E-state index in [0.29, 0.717) is 5.78 Å². The Kier molecular flexibility index (Phi) is 3.37. The molecule has 1 saturated carbocycles. The molecule has 1 fully saturated rings. The summed E-state index contributed by atoms with van der Waals surface area (Å²) < 4.78 is 1.07. The molecule has 1 aromatic carbocycles. The van der Waals surface area contributed by atoms with Gasteiger partial charge in [-0.3, -0.25) is 4.79 Å². The summed E-state index contributed by atoms with van der Waals surface area (Å²) >= 11 is 3.39. The molecule has 2 rings (SSSR count). The summed E-state index contributed by atoms with van der Waals surface area (Å²) in [5, 5.41) is 0. The van der Waals surface area contributed by atoms with Crippen molar-refractivity contribution in [3.63, 3.8) is 0 Å². The first-order valence-electron chi connectivity index (χ1n) is 5.25. The minimum Gasteiger partial charge on any atom is -0.295 e. The Hall–Kier alpha value is -0.890. The van der Waals surface area contributed by atoms with E-state index in [4.69, 9.17) is 0 Å². The van der Waals surface area contributed by atoms with Crippen molar-refractivity contribution in [2.24, 2.45) is 0 Å². The number of allylic oxidation sites excluding steroid dienone is 1. The highest BCUT2D eigenvalue weighted by molar-refractivity contribution is 9.10. The quantitative estimate of drug-likeness (QED) is 0.702. The summed E-state index contributed by atoms with van der Waals surface area (Å²) in [6, 6.07) is 8.05. The lowest BCUT2D eigenvalue weighted by Gasteiger charge is -2.12. The van der Waals surface area contributed by atoms with Crippen LogP contribution in [0, 0.1) is 0 Å². The highest BCUT2D eigenvalue weighted by Crippen LogP contribution is 2.22. The Balaban J connectivity index is 2.21. The van der Waals surface area contributed by atoms with Crippen molar-refractivity contribution in [1.29, 1.82) is 0 Å². The lowest BCUT2D eigenvalue weighted by Crippen LogP contribution is -2.07. The summed E-state index contributed by atoms with van der Waals surface area (Å²) in [5.74, 6) is 0.323. The van der Waals surface area contributed by atoms with Crippen LogP contribution >= 0.6 is 15.9 Å². The molecular formula is C13H13BrO. The van der Waals surface area contributed by atoms with Crippen molar-refractivity contribution in [3.8, 4) is 0 Å². The summed E-state index contributed by atoms with van der Waals surface area (Å²) in [7, 11) is 0. The average molecular weight is 265 g/mol. The maximum absolute atomic E-state index is 11.6. The fourth-order valence-corrected chi connectivity index (χ4v) is 2.08. The van der Waals surface area contributed by atoms with Crippen molar-refractivity contribution < 1.29 is 4.79 Å². The van der Waals surface area contributed by atoms with Gasteiger partial charge in [0.15, 0.2) is 5.78 Å². The predicted molar refractivity (Wildman–Crippen MR) is 65.6 cm³/mol. The zero-order valence-electron chi connectivity index (χ0n) is 8.50. The molecule has 0 spiro atoms. The third kappa shape index (κ3) is 2.78. The number of ketones is 1. The zero-order chi connectivity index (χ0) is 10.7. The van der Waals surface area contributed by atoms with Gasteiger partial charge in [0.05, 0.1) is 0 Å². The summed E-state index contributed by atoms with van der Waals surface area (Å²) in [5.41, 5.74) is 2.10. The molecule has 2 heteroatoms. The van der Waals surface area contributed by atoms with Gasteiger partial charge in [-0.15, -0.1) is 0 Å². The fraction of sp³-hybridized carbons (Fsp3) is 0.308. The predicted octanol–water partition coefficient (Wildman–Crippen LogP) is 3.98. The van der Waals surface area contributed by atoms with E-state index >= 15 is 0 Å². The van der Waals surface area contributed by atoms with Crippen molar-refractivity contribution in [2.45, 2.75) is 25.7 Å². The van der Waals surface area contributed by atoms with Gasteiger partial charge in [-0.05, 0) is 48.6 Å². The Bertz CT molecular complexity index is 390. The van der Waals surface area contributed by atoms with Crippen LogP contribution in [0.15, 0.2) is 34.3 Å². The third-order valence-corrected chi connectivity index (χ3v) is 3.20. The molecule has 15 heavy (non-hydrogen) atoms. The van der Waals surface area contributed by atoms with Crippen LogP contribution in [0.4, 0.5) is 0 Å². The van der Waals surface area contributed by atoms with Crippen LogP contribution in [-0.4, -0.2) is 5.78 Å². The van der Waals surface area contributed by atoms with Gasteiger partial charge >= 0.3 is 0 Å². The molecule has 0 amide bonds. The maximum Gasteiger partial charge on any atom is 0.158 e. The molecule has 0 unspecified atom stereocenters. The Morgan fingerprint density at radius 2 is 1.73 bits per heavy atom. The number of hydrogen-bond donors (Lipinski definition) is 0. The highest BCUT2D eigenvalue weighted by Gasteiger charge is 2.14. The van der Waals surface area contributed by atoms with Crippen LogP contribution < -0.4 is 0 Å². The molecule has 0 bridgehead atoms. The Labute approximate surface area is 98.3 Å². The van der Waals surface area contributed by atoms with E-state index in [9.17, 15) is 4.79 Å². The van der Waals surface area contributed by atoms with Crippen LogP contribution in [0.2, 0.25) is 0 Å². The number of benzene rings is 1. The minimum atomic E-state index is 0.323. The number of carbonyl (C=O) groups excluding carboxylic acids is 1. The van der Waals surface area contributed by atoms with Crippen LogP contribution in [0.1, 0.15) is 31.2 Å². The molecule has 1 nitrogen and oxygen atoms in total. The van der Waals surface area contributed by atoms with E-state index < -0.39 is 0 Å². The molecule has 0 N–H and O–H groups in total. The first-order chi connectivity index (χ1) is 7.25. The molecule has 0 saturated heterocycles. The summed E-state index contributed by atoms with van der Waals surface area (Å²) in [6.45, 7) is 0. The van der Waals surface area contributed by atoms with E-state index in [1.54, 1.807) is 0 Å².